The van der Waals surface area contributed by atoms with Gasteiger partial charge in [-0.3, -0.25) is 14.9 Å². The molecule has 0 saturated heterocycles. The molecule has 2 atom stereocenters. The molecule has 0 bridgehead atoms. The van der Waals surface area contributed by atoms with E-state index in [1.54, 1.807) is 24.3 Å². The fourth-order valence-electron chi connectivity index (χ4n) is 2.68. The van der Waals surface area contributed by atoms with Crippen molar-refractivity contribution >= 4 is 17.4 Å². The van der Waals surface area contributed by atoms with Crippen molar-refractivity contribution in [1.82, 2.24) is 0 Å². The number of hydrogen-bond acceptors (Lipinski definition) is 3. The van der Waals surface area contributed by atoms with Crippen molar-refractivity contribution in [3.05, 3.63) is 45.0 Å². The number of nitro groups is 1. The zero-order chi connectivity index (χ0) is 13.8. The van der Waals surface area contributed by atoms with E-state index in [2.05, 4.69) is 0 Å². The standard InChI is InChI=1S/C14H16ClNO3/c15-11-8-6-10(7-9-11)14(16(18)19)12-4-2-1-3-5-13(12)17/h6-9,12,14H,1-5H2/t12-,14+/m1/s1. The van der Waals surface area contributed by atoms with Gasteiger partial charge in [0.05, 0.1) is 5.92 Å². The maximum atomic E-state index is 12.1. The summed E-state index contributed by atoms with van der Waals surface area (Å²) in [5.41, 5.74) is 0.564. The minimum Gasteiger partial charge on any atom is -0.299 e. The highest BCUT2D eigenvalue weighted by Gasteiger charge is 2.38. The van der Waals surface area contributed by atoms with E-state index in [1.165, 1.54) is 0 Å². The lowest BCUT2D eigenvalue weighted by Gasteiger charge is -2.18. The molecule has 0 heterocycles. The first kappa shape index (κ1) is 14.0. The molecular weight excluding hydrogens is 266 g/mol. The van der Waals surface area contributed by atoms with Gasteiger partial charge < -0.3 is 0 Å². The summed E-state index contributed by atoms with van der Waals surface area (Å²) in [7, 11) is 0. The Hall–Kier alpha value is -1.42. The summed E-state index contributed by atoms with van der Waals surface area (Å²) >= 11 is 5.80. The molecule has 0 radical (unpaired) electrons. The fraction of sp³-hybridized carbons (Fsp3) is 0.500. The molecule has 4 nitrogen and oxygen atoms in total. The minimum atomic E-state index is -0.942. The average molecular weight is 282 g/mol. The summed E-state index contributed by atoms with van der Waals surface area (Å²) in [4.78, 5) is 23.1. The summed E-state index contributed by atoms with van der Waals surface area (Å²) in [6, 6.07) is 5.62. The van der Waals surface area contributed by atoms with Gasteiger partial charge in [-0.25, -0.2) is 0 Å². The van der Waals surface area contributed by atoms with Crippen LogP contribution in [-0.2, 0) is 4.79 Å². The van der Waals surface area contributed by atoms with Gasteiger partial charge >= 0.3 is 0 Å². The average Bonchev–Trinajstić information content (AvgIpc) is 2.57. The molecule has 1 aliphatic carbocycles. The van der Waals surface area contributed by atoms with E-state index in [9.17, 15) is 14.9 Å². The molecule has 1 aliphatic rings. The van der Waals surface area contributed by atoms with Gasteiger partial charge in [-0.2, -0.15) is 0 Å². The van der Waals surface area contributed by atoms with E-state index in [1.807, 2.05) is 0 Å². The first-order valence-corrected chi connectivity index (χ1v) is 6.89. The zero-order valence-electron chi connectivity index (χ0n) is 10.5. The molecule has 0 spiro atoms. The number of rotatable bonds is 3. The normalized spacial score (nSPS) is 21.7. The zero-order valence-corrected chi connectivity index (χ0v) is 11.3. The highest BCUT2D eigenvalue weighted by Crippen LogP contribution is 2.34. The minimum absolute atomic E-state index is 0.0224. The molecule has 0 aliphatic heterocycles. The Morgan fingerprint density at radius 3 is 2.53 bits per heavy atom. The number of carbonyl (C=O) groups excluding carboxylic acids is 1. The maximum absolute atomic E-state index is 12.1. The van der Waals surface area contributed by atoms with E-state index in [-0.39, 0.29) is 10.7 Å². The monoisotopic (exact) mass is 281 g/mol. The van der Waals surface area contributed by atoms with Crippen LogP contribution >= 0.6 is 11.6 Å². The molecule has 2 rings (SSSR count). The molecule has 1 aromatic rings. The van der Waals surface area contributed by atoms with Gasteiger partial charge in [-0.1, -0.05) is 36.6 Å². The van der Waals surface area contributed by atoms with E-state index in [0.29, 0.717) is 23.4 Å². The predicted molar refractivity (Wildman–Crippen MR) is 72.8 cm³/mol. The van der Waals surface area contributed by atoms with Gasteiger partial charge in [-0.15, -0.1) is 0 Å². The van der Waals surface area contributed by atoms with Gasteiger partial charge in [0.25, 0.3) is 0 Å². The lowest BCUT2D eigenvalue weighted by molar-refractivity contribution is -0.536. The van der Waals surface area contributed by atoms with Crippen LogP contribution in [0.5, 0.6) is 0 Å². The van der Waals surface area contributed by atoms with Crippen molar-refractivity contribution in [1.29, 1.82) is 0 Å². The van der Waals surface area contributed by atoms with Crippen molar-refractivity contribution in [2.24, 2.45) is 5.92 Å². The summed E-state index contributed by atoms with van der Waals surface area (Å²) < 4.78 is 0. The molecule has 1 fully saturated rings. The molecule has 19 heavy (non-hydrogen) atoms. The first-order valence-electron chi connectivity index (χ1n) is 6.51. The summed E-state index contributed by atoms with van der Waals surface area (Å²) in [6.45, 7) is 0. The van der Waals surface area contributed by atoms with Gasteiger partial charge in [0, 0.05) is 21.9 Å². The van der Waals surface area contributed by atoms with Crippen LogP contribution in [0.3, 0.4) is 0 Å². The van der Waals surface area contributed by atoms with Crippen molar-refractivity contribution < 1.29 is 9.72 Å². The van der Waals surface area contributed by atoms with Crippen LogP contribution < -0.4 is 0 Å². The first-order chi connectivity index (χ1) is 9.09. The van der Waals surface area contributed by atoms with Crippen molar-refractivity contribution in [3.63, 3.8) is 0 Å². The maximum Gasteiger partial charge on any atom is 0.247 e. The molecule has 0 aromatic heterocycles. The van der Waals surface area contributed by atoms with Crippen LogP contribution in [0.1, 0.15) is 43.7 Å². The number of benzene rings is 1. The number of carbonyl (C=O) groups is 1. The molecule has 5 heteroatoms. The largest absolute Gasteiger partial charge is 0.299 e. The third kappa shape index (κ3) is 3.32. The Morgan fingerprint density at radius 1 is 1.21 bits per heavy atom. The van der Waals surface area contributed by atoms with Crippen LogP contribution in [0.4, 0.5) is 0 Å². The third-order valence-electron chi connectivity index (χ3n) is 3.67. The van der Waals surface area contributed by atoms with Crippen LogP contribution in [-0.4, -0.2) is 10.7 Å². The Balaban J connectivity index is 2.31. The third-order valence-corrected chi connectivity index (χ3v) is 3.92. The fourth-order valence-corrected chi connectivity index (χ4v) is 2.81. The van der Waals surface area contributed by atoms with Crippen LogP contribution in [0.25, 0.3) is 0 Å². The Labute approximate surface area is 116 Å². The highest BCUT2D eigenvalue weighted by molar-refractivity contribution is 6.30. The van der Waals surface area contributed by atoms with E-state index < -0.39 is 12.0 Å². The second kappa shape index (κ2) is 6.15. The lowest BCUT2D eigenvalue weighted by Crippen LogP contribution is -2.27. The second-order valence-corrected chi connectivity index (χ2v) is 5.39. The van der Waals surface area contributed by atoms with Crippen LogP contribution in [0, 0.1) is 16.0 Å². The summed E-state index contributed by atoms with van der Waals surface area (Å²) in [5, 5.41) is 11.9. The lowest BCUT2D eigenvalue weighted by atomic mass is 9.87. The van der Waals surface area contributed by atoms with E-state index >= 15 is 0 Å². The number of hydrogen-bond donors (Lipinski definition) is 0. The van der Waals surface area contributed by atoms with Crippen molar-refractivity contribution in [2.75, 3.05) is 0 Å². The molecule has 102 valence electrons. The Bertz CT molecular complexity index is 472. The SMILES string of the molecule is O=C1CCCCC[C@H]1[C@H](c1ccc(Cl)cc1)[N+](=O)[O-]. The molecule has 0 N–H and O–H groups in total. The number of halogens is 1. The van der Waals surface area contributed by atoms with Crippen molar-refractivity contribution in [2.45, 2.75) is 38.1 Å². The Morgan fingerprint density at radius 2 is 1.89 bits per heavy atom. The van der Waals surface area contributed by atoms with Gasteiger partial charge in [-0.05, 0) is 25.0 Å². The van der Waals surface area contributed by atoms with E-state index in [4.69, 9.17) is 11.6 Å². The molecular formula is C14H16ClNO3. The molecule has 0 unspecified atom stereocenters. The summed E-state index contributed by atoms with van der Waals surface area (Å²) in [6.07, 6.45) is 3.78. The highest BCUT2D eigenvalue weighted by atomic mass is 35.5. The number of ketones is 1. The van der Waals surface area contributed by atoms with Gasteiger partial charge in [0.1, 0.15) is 5.78 Å². The molecule has 0 amide bonds. The van der Waals surface area contributed by atoms with E-state index in [0.717, 1.165) is 19.3 Å². The predicted octanol–water partition coefficient (Wildman–Crippen LogP) is 3.81. The quantitative estimate of drug-likeness (QED) is 0.481. The van der Waals surface area contributed by atoms with Crippen molar-refractivity contribution in [3.8, 4) is 0 Å². The van der Waals surface area contributed by atoms with Gasteiger partial charge in [0.2, 0.25) is 6.04 Å². The molecule has 1 saturated carbocycles. The van der Waals surface area contributed by atoms with Crippen LogP contribution in [0.2, 0.25) is 5.02 Å². The van der Waals surface area contributed by atoms with Crippen LogP contribution in [0.15, 0.2) is 24.3 Å². The second-order valence-electron chi connectivity index (χ2n) is 4.95. The Kier molecular flexibility index (Phi) is 4.53. The number of nitrogens with zero attached hydrogens (tertiary/aromatic N) is 1. The number of Topliss-reactive ketones (excluding diaryl/α,β-unsaturated/α-hetero) is 1. The van der Waals surface area contributed by atoms with Gasteiger partial charge in [0.15, 0.2) is 0 Å². The molecule has 1 aromatic carbocycles. The topological polar surface area (TPSA) is 60.2 Å². The smallest absolute Gasteiger partial charge is 0.247 e. The summed E-state index contributed by atoms with van der Waals surface area (Å²) in [5.74, 6) is -0.479.